The van der Waals surface area contributed by atoms with E-state index in [1.54, 1.807) is 5.87 Å². The van der Waals surface area contributed by atoms with Crippen molar-refractivity contribution in [2.24, 2.45) is 5.92 Å². The molecule has 0 aromatic heterocycles. The molecule has 0 saturated carbocycles. The molecule has 4 nitrogen and oxygen atoms in total. The number of carbonyl (C=O) groups excluding carboxylic acids is 2. The van der Waals surface area contributed by atoms with Crippen molar-refractivity contribution in [1.82, 2.24) is 5.32 Å². The van der Waals surface area contributed by atoms with E-state index in [1.165, 1.54) is 12.1 Å². The first kappa shape index (κ1) is 17.1. The van der Waals surface area contributed by atoms with Gasteiger partial charge in [-0.1, -0.05) is 30.4 Å². The van der Waals surface area contributed by atoms with Gasteiger partial charge in [0.1, 0.15) is 16.7 Å². The fourth-order valence-corrected chi connectivity index (χ4v) is 2.89. The summed E-state index contributed by atoms with van der Waals surface area (Å²) < 4.78 is 39.7. The van der Waals surface area contributed by atoms with E-state index in [2.05, 4.69) is 5.32 Å². The number of nitrogens with zero attached hydrogens (tertiary/aromatic N) is 1. The van der Waals surface area contributed by atoms with Gasteiger partial charge in [-0.05, 0) is 18.6 Å². The highest BCUT2D eigenvalue weighted by Gasteiger charge is 2.45. The predicted octanol–water partition coefficient (Wildman–Crippen LogP) is 2.62. The van der Waals surface area contributed by atoms with Crippen molar-refractivity contribution in [3.05, 3.63) is 46.4 Å². The molecule has 0 spiro atoms. The number of hydrogen-bond acceptors (Lipinski definition) is 3. The molecule has 1 amide bonds. The van der Waals surface area contributed by atoms with Crippen molar-refractivity contribution in [1.29, 1.82) is 0 Å². The SMILES string of the molecule is CC(=O)C1C(=O)NC(=S)C(=C=[N-])C1c1ccccc1C(F)(F)F. The molecule has 1 aromatic carbocycles. The van der Waals surface area contributed by atoms with Gasteiger partial charge < -0.3 is 10.7 Å². The predicted molar refractivity (Wildman–Crippen MR) is 81.0 cm³/mol. The number of amides is 1. The van der Waals surface area contributed by atoms with Crippen LogP contribution in [0.25, 0.3) is 5.41 Å². The molecule has 23 heavy (non-hydrogen) atoms. The number of alkyl halides is 3. The third-order valence-corrected chi connectivity index (χ3v) is 3.89. The molecule has 1 aliphatic rings. The number of piperidine rings is 1. The van der Waals surface area contributed by atoms with E-state index in [0.29, 0.717) is 0 Å². The van der Waals surface area contributed by atoms with Gasteiger partial charge in [-0.25, -0.2) is 0 Å². The maximum absolute atomic E-state index is 13.2. The lowest BCUT2D eigenvalue weighted by molar-refractivity contribution is -0.140. The van der Waals surface area contributed by atoms with E-state index in [-0.39, 0.29) is 16.1 Å². The van der Waals surface area contributed by atoms with Gasteiger partial charge in [-0.2, -0.15) is 13.2 Å². The summed E-state index contributed by atoms with van der Waals surface area (Å²) in [5, 5.41) is 11.5. The molecule has 120 valence electrons. The van der Waals surface area contributed by atoms with Gasteiger partial charge in [0, 0.05) is 11.5 Å². The van der Waals surface area contributed by atoms with Crippen LogP contribution in [0.2, 0.25) is 0 Å². The highest BCUT2D eigenvalue weighted by Crippen LogP contribution is 2.42. The second-order valence-electron chi connectivity index (χ2n) is 4.99. The minimum atomic E-state index is -4.69. The van der Waals surface area contributed by atoms with Crippen molar-refractivity contribution in [2.45, 2.75) is 19.0 Å². The largest absolute Gasteiger partial charge is 0.763 e. The minimum absolute atomic E-state index is 0.225. The Labute approximate surface area is 134 Å². The summed E-state index contributed by atoms with van der Waals surface area (Å²) in [5.41, 5.74) is -1.54. The number of rotatable bonds is 2. The molecule has 2 atom stereocenters. The molecule has 1 aliphatic heterocycles. The van der Waals surface area contributed by atoms with Crippen LogP contribution in [-0.2, 0) is 15.8 Å². The van der Waals surface area contributed by atoms with Gasteiger partial charge in [-0.15, -0.1) is 0 Å². The molecule has 2 unspecified atom stereocenters. The van der Waals surface area contributed by atoms with Gasteiger partial charge >= 0.3 is 6.18 Å². The Morgan fingerprint density at radius 1 is 1.35 bits per heavy atom. The van der Waals surface area contributed by atoms with Crippen LogP contribution in [0, 0.1) is 5.92 Å². The van der Waals surface area contributed by atoms with E-state index in [4.69, 9.17) is 12.2 Å². The second kappa shape index (κ2) is 6.06. The van der Waals surface area contributed by atoms with Crippen LogP contribution >= 0.6 is 12.2 Å². The normalized spacial score (nSPS) is 21.7. The fourth-order valence-electron chi connectivity index (χ4n) is 2.62. The van der Waals surface area contributed by atoms with Gasteiger partial charge in [0.25, 0.3) is 0 Å². The topological polar surface area (TPSA) is 68.5 Å². The van der Waals surface area contributed by atoms with Crippen LogP contribution in [0.3, 0.4) is 0 Å². The number of benzene rings is 1. The van der Waals surface area contributed by atoms with Crippen LogP contribution in [0.15, 0.2) is 29.8 Å². The highest BCUT2D eigenvalue weighted by atomic mass is 32.1. The smallest absolute Gasteiger partial charge is 0.416 e. The molecule has 1 aromatic rings. The van der Waals surface area contributed by atoms with E-state index in [9.17, 15) is 28.2 Å². The lowest BCUT2D eigenvalue weighted by Crippen LogP contribution is -2.48. The Balaban J connectivity index is 2.75. The van der Waals surface area contributed by atoms with Gasteiger partial charge in [0.05, 0.1) is 5.56 Å². The van der Waals surface area contributed by atoms with Gasteiger partial charge in [0.2, 0.25) is 5.91 Å². The Kier molecular flexibility index (Phi) is 4.49. The number of thiocarbonyl (C=S) groups is 1. The van der Waals surface area contributed by atoms with E-state index in [0.717, 1.165) is 19.1 Å². The van der Waals surface area contributed by atoms with Crippen LogP contribution in [0.1, 0.15) is 24.0 Å². The Bertz CT molecular complexity index is 751. The molecule has 0 aliphatic carbocycles. The summed E-state index contributed by atoms with van der Waals surface area (Å²) >= 11 is 4.87. The number of hydrogen-bond donors (Lipinski definition) is 1. The zero-order valence-corrected chi connectivity index (χ0v) is 12.6. The third-order valence-electron chi connectivity index (χ3n) is 3.57. The zero-order valence-electron chi connectivity index (χ0n) is 11.8. The number of carbonyl (C=O) groups is 2. The van der Waals surface area contributed by atoms with Crippen molar-refractivity contribution >= 4 is 34.8 Å². The average molecular weight is 339 g/mol. The van der Waals surface area contributed by atoms with Crippen LogP contribution < -0.4 is 5.32 Å². The first-order valence-electron chi connectivity index (χ1n) is 6.47. The Hall–Kier alpha value is -2.31. The lowest BCUT2D eigenvalue weighted by Gasteiger charge is -2.33. The van der Waals surface area contributed by atoms with Crippen molar-refractivity contribution in [3.63, 3.8) is 0 Å². The van der Waals surface area contributed by atoms with Crippen molar-refractivity contribution < 1.29 is 22.8 Å². The highest BCUT2D eigenvalue weighted by molar-refractivity contribution is 7.80. The van der Waals surface area contributed by atoms with Crippen molar-refractivity contribution in [2.75, 3.05) is 0 Å². The maximum atomic E-state index is 13.2. The second-order valence-corrected chi connectivity index (χ2v) is 5.40. The molecular weight excluding hydrogens is 329 g/mol. The number of Topliss-reactive ketones (excluding diaryl/α,β-unsaturated/α-hetero) is 1. The summed E-state index contributed by atoms with van der Waals surface area (Å²) in [6.07, 6.45) is -4.69. The summed E-state index contributed by atoms with van der Waals surface area (Å²) in [6.45, 7) is 1.09. The van der Waals surface area contributed by atoms with E-state index < -0.39 is 35.3 Å². The first-order chi connectivity index (χ1) is 10.7. The molecule has 1 heterocycles. The molecule has 0 radical (unpaired) electrons. The van der Waals surface area contributed by atoms with Crippen molar-refractivity contribution in [3.8, 4) is 0 Å². The average Bonchev–Trinajstić information content (AvgIpc) is 2.45. The minimum Gasteiger partial charge on any atom is -0.763 e. The summed E-state index contributed by atoms with van der Waals surface area (Å²) in [5.74, 6) is -2.50. The zero-order chi connectivity index (χ0) is 17.4. The maximum Gasteiger partial charge on any atom is 0.416 e. The first-order valence-corrected chi connectivity index (χ1v) is 6.88. The Morgan fingerprint density at radius 3 is 2.48 bits per heavy atom. The van der Waals surface area contributed by atoms with Crippen LogP contribution in [0.4, 0.5) is 13.2 Å². The molecule has 1 N–H and O–H groups in total. The quantitative estimate of drug-likeness (QED) is 0.390. The lowest BCUT2D eigenvalue weighted by atomic mass is 9.74. The number of nitrogens with one attached hydrogen (secondary N) is 1. The van der Waals surface area contributed by atoms with E-state index >= 15 is 0 Å². The number of halogens is 3. The monoisotopic (exact) mass is 339 g/mol. The van der Waals surface area contributed by atoms with Crippen LogP contribution in [0.5, 0.6) is 0 Å². The standard InChI is InChI=1S/C15H10F3N2O2S/c1-7(21)11-12(9(6-19)14(23)20-13(11)22)8-4-2-3-5-10(8)15(16,17)18/h2-5,11-12H,1H3,(H,20,22,23)/q-1. The van der Waals surface area contributed by atoms with Gasteiger partial charge in [-0.3, -0.25) is 15.5 Å². The molecule has 8 heteroatoms. The molecule has 1 fully saturated rings. The summed E-state index contributed by atoms with van der Waals surface area (Å²) in [7, 11) is 0. The molecule has 0 bridgehead atoms. The summed E-state index contributed by atoms with van der Waals surface area (Å²) in [6, 6.07) is 4.55. The Morgan fingerprint density at radius 2 is 1.96 bits per heavy atom. The molecular formula is C15H10F3N2O2S-. The summed E-state index contributed by atoms with van der Waals surface area (Å²) in [4.78, 5) is 23.6. The van der Waals surface area contributed by atoms with Gasteiger partial charge in [0.15, 0.2) is 0 Å². The van der Waals surface area contributed by atoms with Crippen LogP contribution in [-0.4, -0.2) is 22.5 Å². The fraction of sp³-hybridized carbons (Fsp3) is 0.267. The van der Waals surface area contributed by atoms with E-state index in [1.807, 2.05) is 0 Å². The number of ketones is 1. The molecule has 1 saturated heterocycles. The third kappa shape index (κ3) is 3.09. The molecule has 2 rings (SSSR count).